The van der Waals surface area contributed by atoms with E-state index in [1.807, 2.05) is 60.8 Å². The normalized spacial score (nSPS) is 14.3. The maximum absolute atomic E-state index is 14.4. The fourth-order valence-corrected chi connectivity index (χ4v) is 6.16. The Kier molecular flexibility index (Phi) is 14.9. The van der Waals surface area contributed by atoms with Crippen molar-refractivity contribution in [1.29, 1.82) is 0 Å². The number of alkyl carbamates (subject to hydrolysis) is 2. The molecule has 2 aromatic carbocycles. The second kappa shape index (κ2) is 18.5. The number of nitrogens with one attached hydrogen (secondary N) is 5. The maximum Gasteiger partial charge on any atom is 0.409 e. The van der Waals surface area contributed by atoms with Gasteiger partial charge < -0.3 is 35.8 Å². The Bertz CT molecular complexity index is 1500. The fourth-order valence-electron chi connectivity index (χ4n) is 4.97. The first-order valence-corrected chi connectivity index (χ1v) is 17.8. The van der Waals surface area contributed by atoms with Gasteiger partial charge in [0.2, 0.25) is 11.6 Å². The van der Waals surface area contributed by atoms with Crippen LogP contribution in [-0.4, -0.2) is 90.7 Å². The summed E-state index contributed by atoms with van der Waals surface area (Å²) in [5.74, 6) is -1.39. The molecule has 0 saturated carbocycles. The summed E-state index contributed by atoms with van der Waals surface area (Å²) in [6, 6.07) is 15.4. The van der Waals surface area contributed by atoms with E-state index < -0.39 is 53.3 Å². The molecule has 0 radical (unpaired) electrons. The van der Waals surface area contributed by atoms with Gasteiger partial charge in [-0.05, 0) is 29.4 Å². The Morgan fingerprint density at radius 3 is 2.16 bits per heavy atom. The average molecular weight is 715 g/mol. The molecule has 49 heavy (non-hydrogen) atoms. The topological polar surface area (TPSA) is 180 Å². The van der Waals surface area contributed by atoms with Gasteiger partial charge in [-0.25, -0.2) is 9.59 Å². The molecule has 0 spiro atoms. The molecular weight excluding hydrogens is 669 g/mol. The predicted molar refractivity (Wildman–Crippen MR) is 191 cm³/mol. The Morgan fingerprint density at radius 1 is 0.918 bits per heavy atom. The molecule has 0 unspecified atom stereocenters. The molecule has 266 valence electrons. The average Bonchev–Trinajstić information content (AvgIpc) is 3.62. The molecule has 0 aliphatic rings. The van der Waals surface area contributed by atoms with Crippen molar-refractivity contribution in [3.63, 3.8) is 0 Å². The molecule has 0 aliphatic carbocycles. The van der Waals surface area contributed by atoms with E-state index in [1.54, 1.807) is 43.9 Å². The second-order valence-corrected chi connectivity index (χ2v) is 14.1. The minimum absolute atomic E-state index is 0.118. The summed E-state index contributed by atoms with van der Waals surface area (Å²) < 4.78 is 9.53. The number of carbonyl (C=O) groups is 4. The summed E-state index contributed by atoms with van der Waals surface area (Å²) in [4.78, 5) is 58.1. The van der Waals surface area contributed by atoms with Crippen LogP contribution in [0.4, 0.5) is 9.59 Å². The van der Waals surface area contributed by atoms with Crippen LogP contribution < -0.4 is 26.6 Å². The third-order valence-electron chi connectivity index (χ3n) is 7.81. The van der Waals surface area contributed by atoms with Crippen molar-refractivity contribution < 1.29 is 33.8 Å². The monoisotopic (exact) mass is 714 g/mol. The zero-order valence-corrected chi connectivity index (χ0v) is 30.2. The SMILES string of the molecule is COC(=O)N[C@@H](CSC)C(=O)N[C@@](NC(=O)OC)(C(=O)N[C@@H](Cc1ccccc1)[C@@H](O)CNCc1ccc(-c2cncs2)cc1)C(C)(C)C. The molecule has 0 saturated heterocycles. The van der Waals surface area contributed by atoms with Crippen LogP contribution in [0.2, 0.25) is 0 Å². The number of ether oxygens (including phenoxy) is 2. The van der Waals surface area contributed by atoms with Gasteiger partial charge in [0.05, 0.1) is 36.8 Å². The number of aliphatic hydroxyl groups is 1. The standard InChI is InChI=1S/C34H46N6O7S2/c1-33(2,3)34(40-32(45)47-5,39-29(42)26(20-48-6)38-31(44)46-4)30(43)37-25(16-22-10-8-7-9-11-22)27(41)18-35-17-23-12-14-24(15-13-23)28-19-36-21-49-28/h7-15,19,21,25-27,35,41H,16-18,20H2,1-6H3,(H,37,43)(H,38,44)(H,39,42)(H,40,45)/t25-,26-,27-,34+/m0/s1. The number of rotatable bonds is 16. The number of aromatic nitrogens is 1. The highest BCUT2D eigenvalue weighted by atomic mass is 32.2. The summed E-state index contributed by atoms with van der Waals surface area (Å²) in [7, 11) is 2.31. The molecular formula is C34H46N6O7S2. The number of hydrogen-bond acceptors (Lipinski definition) is 11. The molecule has 6 N–H and O–H groups in total. The first kappa shape index (κ1) is 39.3. The van der Waals surface area contributed by atoms with E-state index >= 15 is 0 Å². The first-order valence-electron chi connectivity index (χ1n) is 15.6. The molecule has 13 nitrogen and oxygen atoms in total. The van der Waals surface area contributed by atoms with Gasteiger partial charge in [0.25, 0.3) is 5.91 Å². The van der Waals surface area contributed by atoms with Crippen molar-refractivity contribution in [2.24, 2.45) is 5.41 Å². The Morgan fingerprint density at radius 2 is 1.59 bits per heavy atom. The Hall–Kier alpha value is -4.18. The van der Waals surface area contributed by atoms with E-state index in [-0.39, 0.29) is 18.7 Å². The van der Waals surface area contributed by atoms with E-state index in [1.165, 1.54) is 18.9 Å². The number of thioether (sulfide) groups is 1. The molecule has 3 aromatic rings. The van der Waals surface area contributed by atoms with Crippen molar-refractivity contribution in [3.8, 4) is 10.4 Å². The zero-order chi connectivity index (χ0) is 36.0. The number of amides is 4. The lowest BCUT2D eigenvalue weighted by atomic mass is 9.78. The van der Waals surface area contributed by atoms with Gasteiger partial charge in [0.1, 0.15) is 6.04 Å². The lowest BCUT2D eigenvalue weighted by molar-refractivity contribution is -0.142. The van der Waals surface area contributed by atoms with Gasteiger partial charge in [0, 0.05) is 30.5 Å². The number of aliphatic hydroxyl groups excluding tert-OH is 1. The Balaban J connectivity index is 1.87. The molecule has 4 atom stereocenters. The summed E-state index contributed by atoms with van der Waals surface area (Å²) in [5, 5.41) is 25.4. The van der Waals surface area contributed by atoms with E-state index in [0.29, 0.717) is 6.54 Å². The number of carbonyl (C=O) groups excluding carboxylic acids is 4. The molecule has 3 rings (SSSR count). The van der Waals surface area contributed by atoms with Crippen LogP contribution in [0.15, 0.2) is 66.3 Å². The minimum atomic E-state index is -2.09. The third-order valence-corrected chi connectivity index (χ3v) is 9.30. The number of thiazole rings is 1. The Labute approximate surface area is 295 Å². The van der Waals surface area contributed by atoms with Crippen molar-refractivity contribution in [1.82, 2.24) is 31.6 Å². The number of methoxy groups -OCH3 is 2. The first-order chi connectivity index (χ1) is 23.3. The predicted octanol–water partition coefficient (Wildman–Crippen LogP) is 3.29. The summed E-state index contributed by atoms with van der Waals surface area (Å²) in [5.41, 5.74) is 1.45. The highest BCUT2D eigenvalue weighted by Gasteiger charge is 2.53. The molecule has 0 bridgehead atoms. The van der Waals surface area contributed by atoms with Crippen LogP contribution in [0.3, 0.4) is 0 Å². The van der Waals surface area contributed by atoms with E-state index in [0.717, 1.165) is 28.7 Å². The fraction of sp³-hybridized carbons (Fsp3) is 0.441. The molecule has 15 heteroatoms. The van der Waals surface area contributed by atoms with Crippen LogP contribution >= 0.6 is 23.1 Å². The number of hydrogen-bond donors (Lipinski definition) is 6. The molecule has 0 fully saturated rings. The molecule has 1 heterocycles. The van der Waals surface area contributed by atoms with Crippen molar-refractivity contribution in [2.45, 2.75) is 57.6 Å². The highest BCUT2D eigenvalue weighted by molar-refractivity contribution is 7.98. The van der Waals surface area contributed by atoms with Gasteiger partial charge in [-0.15, -0.1) is 11.3 Å². The van der Waals surface area contributed by atoms with Crippen molar-refractivity contribution in [3.05, 3.63) is 77.4 Å². The van der Waals surface area contributed by atoms with E-state index in [2.05, 4.69) is 36.3 Å². The lowest BCUT2D eigenvalue weighted by Crippen LogP contribution is -2.76. The largest absolute Gasteiger partial charge is 0.453 e. The van der Waals surface area contributed by atoms with Gasteiger partial charge in [-0.2, -0.15) is 11.8 Å². The lowest BCUT2D eigenvalue weighted by Gasteiger charge is -2.45. The summed E-state index contributed by atoms with van der Waals surface area (Å²) in [6.45, 7) is 5.55. The molecule has 0 aliphatic heterocycles. The van der Waals surface area contributed by atoms with Crippen molar-refractivity contribution >= 4 is 47.1 Å². The quantitative estimate of drug-likeness (QED) is 0.121. The van der Waals surface area contributed by atoms with Crippen LogP contribution in [-0.2, 0) is 32.0 Å². The van der Waals surface area contributed by atoms with Gasteiger partial charge in [-0.1, -0.05) is 75.4 Å². The molecule has 1 aromatic heterocycles. The van der Waals surface area contributed by atoms with Crippen LogP contribution in [0.1, 0.15) is 31.9 Å². The van der Waals surface area contributed by atoms with Crippen molar-refractivity contribution in [2.75, 3.05) is 32.8 Å². The highest BCUT2D eigenvalue weighted by Crippen LogP contribution is 2.30. The van der Waals surface area contributed by atoms with Crippen LogP contribution in [0, 0.1) is 5.41 Å². The minimum Gasteiger partial charge on any atom is -0.453 e. The smallest absolute Gasteiger partial charge is 0.409 e. The molecule has 4 amide bonds. The van der Waals surface area contributed by atoms with E-state index in [4.69, 9.17) is 4.74 Å². The van der Waals surface area contributed by atoms with E-state index in [9.17, 15) is 24.3 Å². The van der Waals surface area contributed by atoms with Gasteiger partial charge in [0.15, 0.2) is 0 Å². The van der Waals surface area contributed by atoms with Crippen LogP contribution in [0.25, 0.3) is 10.4 Å². The summed E-state index contributed by atoms with van der Waals surface area (Å²) >= 11 is 2.85. The number of benzene rings is 2. The van der Waals surface area contributed by atoms with Gasteiger partial charge in [-0.3, -0.25) is 19.9 Å². The van der Waals surface area contributed by atoms with Crippen LogP contribution in [0.5, 0.6) is 0 Å². The van der Waals surface area contributed by atoms with Gasteiger partial charge >= 0.3 is 12.2 Å². The zero-order valence-electron chi connectivity index (χ0n) is 28.6. The maximum atomic E-state index is 14.4. The summed E-state index contributed by atoms with van der Waals surface area (Å²) in [6.07, 6.45) is 0.905. The number of nitrogens with zero attached hydrogens (tertiary/aromatic N) is 1. The second-order valence-electron chi connectivity index (χ2n) is 12.3. The third kappa shape index (κ3) is 11.2.